The summed E-state index contributed by atoms with van der Waals surface area (Å²) in [6.45, 7) is 4.76. The Morgan fingerprint density at radius 3 is 2.81 bits per heavy atom. The molecule has 3 aliphatic rings. The van der Waals surface area contributed by atoms with Gasteiger partial charge in [-0.3, -0.25) is 9.59 Å². The van der Waals surface area contributed by atoms with Crippen molar-refractivity contribution in [3.8, 4) is 0 Å². The lowest BCUT2D eigenvalue weighted by Crippen LogP contribution is -2.36. The Morgan fingerprint density at radius 1 is 1.38 bits per heavy atom. The summed E-state index contributed by atoms with van der Waals surface area (Å²) in [5, 5.41) is 3.07. The van der Waals surface area contributed by atoms with E-state index in [1.165, 1.54) is 0 Å². The zero-order valence-electron chi connectivity index (χ0n) is 12.1. The number of thiazole rings is 1. The van der Waals surface area contributed by atoms with Crippen LogP contribution in [0, 0.1) is 24.7 Å². The van der Waals surface area contributed by atoms with Gasteiger partial charge < -0.3 is 9.80 Å². The summed E-state index contributed by atoms with van der Waals surface area (Å²) >= 11 is 1.62. The number of carbonyl (C=O) groups excluding carboxylic acids is 2. The number of rotatable bonds is 3. The van der Waals surface area contributed by atoms with Crippen molar-refractivity contribution in [3.05, 3.63) is 16.1 Å². The normalized spacial score (nSPS) is 28.3. The van der Waals surface area contributed by atoms with E-state index in [0.29, 0.717) is 19.0 Å². The van der Waals surface area contributed by atoms with Gasteiger partial charge in [-0.05, 0) is 19.8 Å². The molecule has 1 aromatic heterocycles. The zero-order valence-corrected chi connectivity index (χ0v) is 12.9. The number of amides is 2. The lowest BCUT2D eigenvalue weighted by atomic mass is 10.0. The van der Waals surface area contributed by atoms with Crippen molar-refractivity contribution >= 4 is 23.2 Å². The maximum absolute atomic E-state index is 12.5. The van der Waals surface area contributed by atoms with Gasteiger partial charge in [0.1, 0.15) is 0 Å². The van der Waals surface area contributed by atoms with Gasteiger partial charge in [0.2, 0.25) is 11.8 Å². The first-order chi connectivity index (χ1) is 10.1. The quantitative estimate of drug-likeness (QED) is 0.845. The highest BCUT2D eigenvalue weighted by molar-refractivity contribution is 7.09. The molecule has 1 aliphatic carbocycles. The van der Waals surface area contributed by atoms with E-state index in [9.17, 15) is 9.59 Å². The summed E-state index contributed by atoms with van der Waals surface area (Å²) in [4.78, 5) is 32.9. The molecule has 0 bridgehead atoms. The second kappa shape index (κ2) is 4.80. The average Bonchev–Trinajstić information content (AvgIpc) is 3.01. The predicted molar refractivity (Wildman–Crippen MR) is 78.6 cm³/mol. The van der Waals surface area contributed by atoms with E-state index in [2.05, 4.69) is 4.98 Å². The van der Waals surface area contributed by atoms with Gasteiger partial charge in [-0.15, -0.1) is 11.3 Å². The molecule has 6 heteroatoms. The van der Waals surface area contributed by atoms with Crippen molar-refractivity contribution < 1.29 is 9.59 Å². The Kier molecular flexibility index (Phi) is 3.03. The second-order valence-corrected chi connectivity index (χ2v) is 7.52. The highest BCUT2D eigenvalue weighted by Gasteiger charge is 2.49. The fourth-order valence-corrected chi connectivity index (χ4v) is 4.13. The molecule has 0 unspecified atom stereocenters. The molecule has 112 valence electrons. The van der Waals surface area contributed by atoms with Gasteiger partial charge in [0.25, 0.3) is 0 Å². The molecule has 1 saturated carbocycles. The van der Waals surface area contributed by atoms with Gasteiger partial charge in [-0.25, -0.2) is 4.98 Å². The zero-order chi connectivity index (χ0) is 14.6. The largest absolute Gasteiger partial charge is 0.341 e. The van der Waals surface area contributed by atoms with Gasteiger partial charge in [0, 0.05) is 36.9 Å². The summed E-state index contributed by atoms with van der Waals surface area (Å²) in [5.41, 5.74) is 0.983. The molecule has 0 radical (unpaired) electrons. The fraction of sp³-hybridized carbons (Fsp3) is 0.667. The molecule has 5 nitrogen and oxygen atoms in total. The molecule has 0 N–H and O–H groups in total. The SMILES string of the molecule is Cc1nc(CN2C[C@@H]3CN(C(=O)C4CC4)C[C@H]3C2=O)cs1. The molecule has 4 rings (SSSR count). The van der Waals surface area contributed by atoms with Gasteiger partial charge in [-0.1, -0.05) is 0 Å². The molecule has 2 aliphatic heterocycles. The number of hydrogen-bond donors (Lipinski definition) is 0. The minimum absolute atomic E-state index is 0.0208. The van der Waals surface area contributed by atoms with Crippen LogP contribution in [-0.2, 0) is 16.1 Å². The van der Waals surface area contributed by atoms with E-state index in [0.717, 1.165) is 36.6 Å². The first-order valence-electron chi connectivity index (χ1n) is 7.60. The summed E-state index contributed by atoms with van der Waals surface area (Å²) in [5.74, 6) is 1.08. The Morgan fingerprint density at radius 2 is 2.19 bits per heavy atom. The lowest BCUT2D eigenvalue weighted by molar-refractivity contribution is -0.134. The van der Waals surface area contributed by atoms with Crippen LogP contribution >= 0.6 is 11.3 Å². The highest BCUT2D eigenvalue weighted by atomic mass is 32.1. The number of aryl methyl sites for hydroxylation is 1. The Bertz CT molecular complexity index is 595. The smallest absolute Gasteiger partial charge is 0.228 e. The maximum atomic E-state index is 12.5. The Balaban J connectivity index is 1.40. The molecule has 2 saturated heterocycles. The molecule has 1 aromatic rings. The van der Waals surface area contributed by atoms with Gasteiger partial charge in [0.05, 0.1) is 23.2 Å². The Labute approximate surface area is 127 Å². The third-order valence-corrected chi connectivity index (χ3v) is 5.60. The van der Waals surface area contributed by atoms with E-state index in [4.69, 9.17) is 0 Å². The highest BCUT2D eigenvalue weighted by Crippen LogP contribution is 2.37. The monoisotopic (exact) mass is 305 g/mol. The molecule has 0 spiro atoms. The number of nitrogens with zero attached hydrogens (tertiary/aromatic N) is 3. The molecule has 21 heavy (non-hydrogen) atoms. The van der Waals surface area contributed by atoms with Crippen LogP contribution in [0.15, 0.2) is 5.38 Å². The molecule has 3 heterocycles. The van der Waals surface area contributed by atoms with Crippen LogP contribution in [0.4, 0.5) is 0 Å². The van der Waals surface area contributed by atoms with Crippen molar-refractivity contribution in [2.24, 2.45) is 17.8 Å². The van der Waals surface area contributed by atoms with E-state index in [-0.39, 0.29) is 23.7 Å². The first-order valence-corrected chi connectivity index (χ1v) is 8.48. The summed E-state index contributed by atoms with van der Waals surface area (Å²) in [7, 11) is 0. The van der Waals surface area contributed by atoms with Crippen molar-refractivity contribution in [3.63, 3.8) is 0 Å². The molecule has 2 amide bonds. The van der Waals surface area contributed by atoms with Crippen molar-refractivity contribution in [2.75, 3.05) is 19.6 Å². The van der Waals surface area contributed by atoms with Crippen LogP contribution in [0.1, 0.15) is 23.5 Å². The van der Waals surface area contributed by atoms with Crippen LogP contribution in [0.3, 0.4) is 0 Å². The van der Waals surface area contributed by atoms with Crippen LogP contribution < -0.4 is 0 Å². The van der Waals surface area contributed by atoms with Crippen molar-refractivity contribution in [1.29, 1.82) is 0 Å². The molecular weight excluding hydrogens is 286 g/mol. The number of likely N-dealkylation sites (tertiary alicyclic amines) is 2. The second-order valence-electron chi connectivity index (χ2n) is 6.46. The summed E-state index contributed by atoms with van der Waals surface area (Å²) < 4.78 is 0. The minimum atomic E-state index is 0.0208. The standard InChI is InChI=1S/C15H19N3O2S/c1-9-16-12(8-21-9)6-17-4-11-5-18(7-13(11)15(17)20)14(19)10-2-3-10/h8,10-11,13H,2-7H2,1H3/t11-,13-/m1/s1. The number of carbonyl (C=O) groups is 2. The average molecular weight is 305 g/mol. The third-order valence-electron chi connectivity index (χ3n) is 4.78. The number of aromatic nitrogens is 1. The van der Waals surface area contributed by atoms with Gasteiger partial charge in [-0.2, -0.15) is 0 Å². The van der Waals surface area contributed by atoms with Crippen LogP contribution in [0.2, 0.25) is 0 Å². The third kappa shape index (κ3) is 2.35. The van der Waals surface area contributed by atoms with Crippen molar-refractivity contribution in [1.82, 2.24) is 14.8 Å². The van der Waals surface area contributed by atoms with Crippen LogP contribution in [0.25, 0.3) is 0 Å². The maximum Gasteiger partial charge on any atom is 0.228 e. The van der Waals surface area contributed by atoms with E-state index < -0.39 is 0 Å². The number of fused-ring (bicyclic) bond motifs is 1. The van der Waals surface area contributed by atoms with E-state index >= 15 is 0 Å². The molecule has 2 atom stereocenters. The first kappa shape index (κ1) is 13.2. The molecular formula is C15H19N3O2S. The van der Waals surface area contributed by atoms with E-state index in [1.54, 1.807) is 11.3 Å². The van der Waals surface area contributed by atoms with Gasteiger partial charge >= 0.3 is 0 Å². The van der Waals surface area contributed by atoms with Gasteiger partial charge in [0.15, 0.2) is 0 Å². The fourth-order valence-electron chi connectivity index (χ4n) is 3.53. The lowest BCUT2D eigenvalue weighted by Gasteiger charge is -2.21. The van der Waals surface area contributed by atoms with E-state index in [1.807, 2.05) is 22.1 Å². The predicted octanol–water partition coefficient (Wildman–Crippen LogP) is 1.28. The summed E-state index contributed by atoms with van der Waals surface area (Å²) in [6.07, 6.45) is 2.07. The minimum Gasteiger partial charge on any atom is -0.341 e. The summed E-state index contributed by atoms with van der Waals surface area (Å²) in [6, 6.07) is 0. The van der Waals surface area contributed by atoms with Crippen LogP contribution in [-0.4, -0.2) is 46.2 Å². The van der Waals surface area contributed by atoms with Crippen LogP contribution in [0.5, 0.6) is 0 Å². The topological polar surface area (TPSA) is 53.5 Å². The molecule has 3 fully saturated rings. The van der Waals surface area contributed by atoms with Crippen molar-refractivity contribution in [2.45, 2.75) is 26.3 Å². The number of hydrogen-bond acceptors (Lipinski definition) is 4. The Hall–Kier alpha value is -1.43. The molecule has 0 aromatic carbocycles.